The number of hydrogen-bond acceptors (Lipinski definition) is 4. The Kier molecular flexibility index (Phi) is 5.44. The predicted molar refractivity (Wildman–Crippen MR) is 112 cm³/mol. The minimum atomic E-state index is -0.789. The molecule has 7 nitrogen and oxygen atoms in total. The van der Waals surface area contributed by atoms with E-state index in [4.69, 9.17) is 10.5 Å². The summed E-state index contributed by atoms with van der Waals surface area (Å²) in [5.74, 6) is -1.03. The van der Waals surface area contributed by atoms with Gasteiger partial charge in [0, 0.05) is 12.5 Å². The van der Waals surface area contributed by atoms with Crippen LogP contribution in [0.15, 0.2) is 48.5 Å². The third-order valence-corrected chi connectivity index (χ3v) is 5.91. The van der Waals surface area contributed by atoms with E-state index in [0.29, 0.717) is 19.4 Å². The summed E-state index contributed by atoms with van der Waals surface area (Å²) in [7, 11) is 0. The average Bonchev–Trinajstić information content (AvgIpc) is 3.35. The molecule has 1 aliphatic heterocycles. The van der Waals surface area contributed by atoms with Crippen molar-refractivity contribution in [2.45, 2.75) is 37.8 Å². The highest BCUT2D eigenvalue weighted by Crippen LogP contribution is 2.44. The van der Waals surface area contributed by atoms with E-state index in [0.717, 1.165) is 22.3 Å². The molecule has 2 aliphatic rings. The summed E-state index contributed by atoms with van der Waals surface area (Å²) in [6.45, 7) is 2.17. The number of amides is 3. The van der Waals surface area contributed by atoms with Crippen molar-refractivity contribution < 1.29 is 19.1 Å². The quantitative estimate of drug-likeness (QED) is 0.794. The Morgan fingerprint density at radius 2 is 1.70 bits per heavy atom. The van der Waals surface area contributed by atoms with E-state index in [1.54, 1.807) is 0 Å². The zero-order chi connectivity index (χ0) is 21.3. The molecule has 1 saturated heterocycles. The number of likely N-dealkylation sites (tertiary alicyclic amines) is 1. The van der Waals surface area contributed by atoms with Crippen molar-refractivity contribution in [3.63, 3.8) is 0 Å². The molecular weight excluding hydrogens is 382 g/mol. The van der Waals surface area contributed by atoms with Crippen molar-refractivity contribution in [3.05, 3.63) is 59.7 Å². The van der Waals surface area contributed by atoms with Crippen LogP contribution in [-0.2, 0) is 14.3 Å². The molecule has 0 radical (unpaired) electrons. The second-order valence-electron chi connectivity index (χ2n) is 7.79. The maximum atomic E-state index is 12.8. The van der Waals surface area contributed by atoms with Crippen LogP contribution in [0, 0.1) is 0 Å². The number of fused-ring (bicyclic) bond motifs is 3. The highest BCUT2D eigenvalue weighted by Gasteiger charge is 2.37. The standard InChI is InChI=1S/C23H25N3O4/c1-14(21(24)27)25-22(28)20-11-6-12-26(20)23(29)30-13-19-17-9-4-2-7-15(17)16-8-3-5-10-18(16)19/h2-5,7-10,14,19-20H,6,11-13H2,1H3,(H2,24,27)(H,25,28)/t14-,20?/m0/s1. The molecule has 1 unspecified atom stereocenters. The average molecular weight is 407 g/mol. The molecular formula is C23H25N3O4. The van der Waals surface area contributed by atoms with Crippen LogP contribution >= 0.6 is 0 Å². The van der Waals surface area contributed by atoms with Crippen LogP contribution in [0.1, 0.15) is 36.8 Å². The molecule has 1 fully saturated rings. The third kappa shape index (κ3) is 3.63. The molecule has 2 aromatic rings. The van der Waals surface area contributed by atoms with E-state index >= 15 is 0 Å². The number of carbonyl (C=O) groups is 3. The van der Waals surface area contributed by atoms with Crippen molar-refractivity contribution in [1.82, 2.24) is 10.2 Å². The van der Waals surface area contributed by atoms with Gasteiger partial charge in [-0.15, -0.1) is 0 Å². The van der Waals surface area contributed by atoms with Crippen LogP contribution in [0.2, 0.25) is 0 Å². The lowest BCUT2D eigenvalue weighted by molar-refractivity contribution is -0.129. The van der Waals surface area contributed by atoms with E-state index in [-0.39, 0.29) is 18.4 Å². The zero-order valence-electron chi connectivity index (χ0n) is 16.8. The lowest BCUT2D eigenvalue weighted by atomic mass is 9.98. The molecule has 0 spiro atoms. The van der Waals surface area contributed by atoms with Gasteiger partial charge in [0.1, 0.15) is 18.7 Å². The van der Waals surface area contributed by atoms with Crippen LogP contribution in [0.3, 0.4) is 0 Å². The van der Waals surface area contributed by atoms with Gasteiger partial charge in [-0.05, 0) is 42.0 Å². The monoisotopic (exact) mass is 407 g/mol. The number of nitrogens with two attached hydrogens (primary N) is 1. The summed E-state index contributed by atoms with van der Waals surface area (Å²) >= 11 is 0. The fourth-order valence-corrected chi connectivity index (χ4v) is 4.32. The molecule has 3 N–H and O–H groups in total. The van der Waals surface area contributed by atoms with Gasteiger partial charge < -0.3 is 15.8 Å². The Bertz CT molecular complexity index is 944. The lowest BCUT2D eigenvalue weighted by Gasteiger charge is -2.25. The maximum absolute atomic E-state index is 12.8. The zero-order valence-corrected chi connectivity index (χ0v) is 16.8. The number of carbonyl (C=O) groups excluding carboxylic acids is 3. The molecule has 0 saturated carbocycles. The van der Waals surface area contributed by atoms with Crippen molar-refractivity contribution >= 4 is 17.9 Å². The van der Waals surface area contributed by atoms with Gasteiger partial charge in [-0.25, -0.2) is 4.79 Å². The summed E-state index contributed by atoms with van der Waals surface area (Å²) in [4.78, 5) is 37.9. The first-order valence-corrected chi connectivity index (χ1v) is 10.2. The maximum Gasteiger partial charge on any atom is 0.410 e. The van der Waals surface area contributed by atoms with E-state index in [9.17, 15) is 14.4 Å². The lowest BCUT2D eigenvalue weighted by Crippen LogP contribution is -2.51. The highest BCUT2D eigenvalue weighted by atomic mass is 16.6. The molecule has 2 aromatic carbocycles. The molecule has 30 heavy (non-hydrogen) atoms. The Balaban J connectivity index is 1.45. The molecule has 7 heteroatoms. The van der Waals surface area contributed by atoms with E-state index < -0.39 is 24.1 Å². The van der Waals surface area contributed by atoms with Gasteiger partial charge in [-0.3, -0.25) is 14.5 Å². The van der Waals surface area contributed by atoms with Gasteiger partial charge in [0.15, 0.2) is 0 Å². The molecule has 0 aromatic heterocycles. The number of nitrogens with one attached hydrogen (secondary N) is 1. The summed E-state index contributed by atoms with van der Waals surface area (Å²) in [5.41, 5.74) is 9.81. The van der Waals surface area contributed by atoms with Gasteiger partial charge >= 0.3 is 6.09 Å². The Labute approximate surface area is 175 Å². The van der Waals surface area contributed by atoms with Crippen LogP contribution in [0.4, 0.5) is 4.79 Å². The normalized spacial score (nSPS) is 18.4. The van der Waals surface area contributed by atoms with Crippen LogP contribution in [0.25, 0.3) is 11.1 Å². The molecule has 4 rings (SSSR count). The minimum absolute atomic E-state index is 0.0360. The topological polar surface area (TPSA) is 102 Å². The largest absolute Gasteiger partial charge is 0.448 e. The molecule has 1 heterocycles. The number of rotatable bonds is 5. The van der Waals surface area contributed by atoms with E-state index in [1.165, 1.54) is 11.8 Å². The molecule has 156 valence electrons. The first kappa shape index (κ1) is 19.9. The number of primary amides is 1. The second kappa shape index (κ2) is 8.18. The van der Waals surface area contributed by atoms with Crippen LogP contribution < -0.4 is 11.1 Å². The highest BCUT2D eigenvalue weighted by molar-refractivity contribution is 5.90. The Hall–Kier alpha value is -3.35. The fraction of sp³-hybridized carbons (Fsp3) is 0.348. The van der Waals surface area contributed by atoms with Crippen molar-refractivity contribution in [2.75, 3.05) is 13.2 Å². The minimum Gasteiger partial charge on any atom is -0.448 e. The number of nitrogens with zero attached hydrogens (tertiary/aromatic N) is 1. The Morgan fingerprint density at radius 1 is 1.10 bits per heavy atom. The van der Waals surface area contributed by atoms with Gasteiger partial charge in [0.2, 0.25) is 11.8 Å². The fourth-order valence-electron chi connectivity index (χ4n) is 4.32. The smallest absolute Gasteiger partial charge is 0.410 e. The van der Waals surface area contributed by atoms with E-state index in [1.807, 2.05) is 24.3 Å². The van der Waals surface area contributed by atoms with Gasteiger partial charge in [-0.2, -0.15) is 0 Å². The summed E-state index contributed by atoms with van der Waals surface area (Å²) < 4.78 is 5.67. The van der Waals surface area contributed by atoms with Crippen molar-refractivity contribution in [3.8, 4) is 11.1 Å². The summed E-state index contributed by atoms with van der Waals surface area (Å²) in [6.07, 6.45) is 0.718. The first-order chi connectivity index (χ1) is 14.5. The van der Waals surface area contributed by atoms with Crippen molar-refractivity contribution in [1.29, 1.82) is 0 Å². The molecule has 0 bridgehead atoms. The number of hydrogen-bond donors (Lipinski definition) is 2. The SMILES string of the molecule is C[C@H](NC(=O)C1CCCN1C(=O)OCC1c2ccccc2-c2ccccc21)C(N)=O. The summed E-state index contributed by atoms with van der Waals surface area (Å²) in [6, 6.07) is 14.8. The molecule has 3 amide bonds. The van der Waals surface area contributed by atoms with Gasteiger partial charge in [-0.1, -0.05) is 48.5 Å². The third-order valence-electron chi connectivity index (χ3n) is 5.91. The predicted octanol–water partition coefficient (Wildman–Crippen LogP) is 2.39. The van der Waals surface area contributed by atoms with Crippen LogP contribution in [0.5, 0.6) is 0 Å². The summed E-state index contributed by atoms with van der Waals surface area (Å²) in [5, 5.41) is 2.57. The first-order valence-electron chi connectivity index (χ1n) is 10.2. The molecule has 1 aliphatic carbocycles. The van der Waals surface area contributed by atoms with Gasteiger partial charge in [0.05, 0.1) is 0 Å². The van der Waals surface area contributed by atoms with Crippen LogP contribution in [-0.4, -0.2) is 48.0 Å². The molecule has 2 atom stereocenters. The van der Waals surface area contributed by atoms with Crippen molar-refractivity contribution in [2.24, 2.45) is 5.73 Å². The number of benzene rings is 2. The Morgan fingerprint density at radius 3 is 2.30 bits per heavy atom. The van der Waals surface area contributed by atoms with E-state index in [2.05, 4.69) is 29.6 Å². The number of ether oxygens (including phenoxy) is 1. The second-order valence-corrected chi connectivity index (χ2v) is 7.79. The van der Waals surface area contributed by atoms with Gasteiger partial charge in [0.25, 0.3) is 0 Å².